The van der Waals surface area contributed by atoms with Crippen LogP contribution in [-0.4, -0.2) is 65.2 Å². The predicted octanol–water partition coefficient (Wildman–Crippen LogP) is 2.32. The molecule has 0 saturated heterocycles. The average Bonchev–Trinajstić information content (AvgIpc) is 2.70. The second-order valence-corrected chi connectivity index (χ2v) is 10.3. The molecule has 0 spiro atoms. The van der Waals surface area contributed by atoms with E-state index in [2.05, 4.69) is 9.97 Å². The molecule has 1 aromatic carbocycles. The number of carboxylic acids is 1. The largest absolute Gasteiger partial charge is 0.481 e. The molecular weight excluding hydrogens is 453 g/mol. The molecule has 0 aliphatic heterocycles. The molecule has 0 radical (unpaired) electrons. The number of nitrogens with zero attached hydrogens (tertiary/aromatic N) is 3. The zero-order chi connectivity index (χ0) is 24.9. The molecule has 0 aliphatic rings. The van der Waals surface area contributed by atoms with E-state index in [0.717, 1.165) is 10.6 Å². The Kier molecular flexibility index (Phi) is 8.87. The number of benzene rings is 1. The van der Waals surface area contributed by atoms with Crippen LogP contribution in [0.3, 0.4) is 0 Å². The maximum atomic E-state index is 13.5. The lowest BCUT2D eigenvalue weighted by Crippen LogP contribution is -2.28. The Morgan fingerprint density at radius 1 is 1.12 bits per heavy atom. The van der Waals surface area contributed by atoms with Crippen molar-refractivity contribution in [2.45, 2.75) is 57.7 Å². The number of carbonyl (C=O) groups is 1. The van der Waals surface area contributed by atoms with Gasteiger partial charge in [-0.15, -0.1) is 0 Å². The summed E-state index contributed by atoms with van der Waals surface area (Å²) < 4.78 is 38.7. The standard InChI is InChI=1S/C22H30FN3O6S/c1-13(2)20-18(10-9-16(27)11-17(28)12-19(29)30)21(14-5-7-15(23)8-6-14)25-22(24-20)26(3)33(4,31)32/h5-8,13,16-17,27-28H,9-12H2,1-4H3,(H,29,30)/t16-,17+/m1/s1. The summed E-state index contributed by atoms with van der Waals surface area (Å²) >= 11 is 0. The maximum absolute atomic E-state index is 13.5. The Morgan fingerprint density at radius 2 is 1.73 bits per heavy atom. The van der Waals surface area contributed by atoms with Crippen LogP contribution in [0.25, 0.3) is 11.3 Å². The van der Waals surface area contributed by atoms with Crippen molar-refractivity contribution in [2.24, 2.45) is 0 Å². The first-order chi connectivity index (χ1) is 15.3. The highest BCUT2D eigenvalue weighted by Gasteiger charge is 2.24. The lowest BCUT2D eigenvalue weighted by molar-refractivity contribution is -0.139. The monoisotopic (exact) mass is 483 g/mol. The number of aliphatic hydroxyl groups is 2. The van der Waals surface area contributed by atoms with Gasteiger partial charge in [-0.05, 0) is 49.4 Å². The fourth-order valence-electron chi connectivity index (χ4n) is 3.38. The summed E-state index contributed by atoms with van der Waals surface area (Å²) in [5.41, 5.74) is 2.21. The van der Waals surface area contributed by atoms with Crippen molar-refractivity contribution in [1.82, 2.24) is 9.97 Å². The number of aliphatic carboxylic acids is 1. The molecule has 0 unspecified atom stereocenters. The normalized spacial score (nSPS) is 13.7. The highest BCUT2D eigenvalue weighted by molar-refractivity contribution is 7.92. The number of halogens is 1. The molecule has 3 N–H and O–H groups in total. The summed E-state index contributed by atoms with van der Waals surface area (Å²) in [6.07, 6.45) is -1.22. The van der Waals surface area contributed by atoms with Crippen LogP contribution in [0.1, 0.15) is 50.3 Å². The van der Waals surface area contributed by atoms with Crippen LogP contribution in [0, 0.1) is 5.82 Å². The third kappa shape index (κ3) is 7.44. The Hall–Kier alpha value is -2.63. The molecule has 11 heteroatoms. The van der Waals surface area contributed by atoms with Crippen LogP contribution in [0.2, 0.25) is 0 Å². The predicted molar refractivity (Wildman–Crippen MR) is 122 cm³/mol. The van der Waals surface area contributed by atoms with E-state index >= 15 is 0 Å². The van der Waals surface area contributed by atoms with Crippen LogP contribution in [0.15, 0.2) is 24.3 Å². The van der Waals surface area contributed by atoms with Crippen LogP contribution >= 0.6 is 0 Å². The number of hydrogen-bond acceptors (Lipinski definition) is 7. The Bertz CT molecular complexity index is 1080. The second kappa shape index (κ2) is 11.0. The van der Waals surface area contributed by atoms with E-state index in [-0.39, 0.29) is 31.1 Å². The van der Waals surface area contributed by atoms with Gasteiger partial charge in [-0.3, -0.25) is 4.79 Å². The van der Waals surface area contributed by atoms with Gasteiger partial charge in [0, 0.05) is 18.2 Å². The first-order valence-electron chi connectivity index (χ1n) is 10.5. The van der Waals surface area contributed by atoms with Gasteiger partial charge >= 0.3 is 5.97 Å². The Labute approximate surface area is 193 Å². The van der Waals surface area contributed by atoms with Gasteiger partial charge in [-0.25, -0.2) is 27.1 Å². The molecule has 0 fully saturated rings. The number of sulfonamides is 1. The van der Waals surface area contributed by atoms with E-state index in [0.29, 0.717) is 22.5 Å². The molecule has 2 aromatic rings. The van der Waals surface area contributed by atoms with E-state index < -0.39 is 40.4 Å². The summed E-state index contributed by atoms with van der Waals surface area (Å²) in [5, 5.41) is 28.9. The Balaban J connectivity index is 2.50. The highest BCUT2D eigenvalue weighted by atomic mass is 32.2. The van der Waals surface area contributed by atoms with E-state index in [1.54, 1.807) is 0 Å². The molecule has 1 aromatic heterocycles. The summed E-state index contributed by atoms with van der Waals surface area (Å²) in [6.45, 7) is 3.77. The van der Waals surface area contributed by atoms with E-state index in [4.69, 9.17) is 5.11 Å². The fourth-order valence-corrected chi connectivity index (χ4v) is 3.75. The van der Waals surface area contributed by atoms with Crippen molar-refractivity contribution >= 4 is 21.9 Å². The molecule has 0 amide bonds. The molecule has 2 atom stereocenters. The molecule has 0 aliphatic carbocycles. The zero-order valence-corrected chi connectivity index (χ0v) is 19.9. The summed E-state index contributed by atoms with van der Waals surface area (Å²) in [4.78, 5) is 19.7. The van der Waals surface area contributed by atoms with Crippen molar-refractivity contribution in [1.29, 1.82) is 0 Å². The molecule has 1 heterocycles. The third-order valence-corrected chi connectivity index (χ3v) is 6.31. The summed E-state index contributed by atoms with van der Waals surface area (Å²) in [7, 11) is -2.29. The maximum Gasteiger partial charge on any atom is 0.305 e. The minimum Gasteiger partial charge on any atom is -0.481 e. The van der Waals surface area contributed by atoms with E-state index in [9.17, 15) is 27.8 Å². The van der Waals surface area contributed by atoms with Gasteiger partial charge in [0.05, 0.1) is 36.3 Å². The van der Waals surface area contributed by atoms with Crippen LogP contribution in [0.5, 0.6) is 0 Å². The quantitative estimate of drug-likeness (QED) is 0.442. The molecule has 0 saturated carbocycles. The van der Waals surface area contributed by atoms with Crippen LogP contribution in [0.4, 0.5) is 10.3 Å². The van der Waals surface area contributed by atoms with Gasteiger partial charge in [0.1, 0.15) is 5.82 Å². The highest BCUT2D eigenvalue weighted by Crippen LogP contribution is 2.32. The molecule has 0 bridgehead atoms. The van der Waals surface area contributed by atoms with E-state index in [1.165, 1.54) is 31.3 Å². The SMILES string of the molecule is CC(C)c1nc(N(C)S(C)(=O)=O)nc(-c2ccc(F)cc2)c1CC[C@@H](O)C[C@H](O)CC(=O)O. The molecule has 182 valence electrons. The molecule has 33 heavy (non-hydrogen) atoms. The number of anilines is 1. The van der Waals surface area contributed by atoms with Gasteiger partial charge in [-0.2, -0.15) is 0 Å². The van der Waals surface area contributed by atoms with Crippen molar-refractivity contribution in [3.05, 3.63) is 41.3 Å². The molecule has 2 rings (SSSR count). The Morgan fingerprint density at radius 3 is 2.24 bits per heavy atom. The number of aromatic nitrogens is 2. The third-order valence-electron chi connectivity index (χ3n) is 5.15. The van der Waals surface area contributed by atoms with Gasteiger partial charge < -0.3 is 15.3 Å². The first-order valence-corrected chi connectivity index (χ1v) is 12.3. The average molecular weight is 484 g/mol. The van der Waals surface area contributed by atoms with Crippen LogP contribution < -0.4 is 4.31 Å². The smallest absolute Gasteiger partial charge is 0.305 e. The topological polar surface area (TPSA) is 141 Å². The summed E-state index contributed by atoms with van der Waals surface area (Å²) in [5.74, 6) is -1.74. The first kappa shape index (κ1) is 26.6. The minimum atomic E-state index is -3.63. The fraction of sp³-hybridized carbons (Fsp3) is 0.500. The van der Waals surface area contributed by atoms with Crippen molar-refractivity contribution in [3.8, 4) is 11.3 Å². The van der Waals surface area contributed by atoms with Gasteiger partial charge in [0.25, 0.3) is 0 Å². The number of aliphatic hydroxyl groups excluding tert-OH is 2. The van der Waals surface area contributed by atoms with Crippen molar-refractivity contribution in [3.63, 3.8) is 0 Å². The minimum absolute atomic E-state index is 0.0262. The van der Waals surface area contributed by atoms with Crippen molar-refractivity contribution < 1.29 is 32.9 Å². The number of carboxylic acid groups (broad SMARTS) is 1. The van der Waals surface area contributed by atoms with Gasteiger partial charge in [-0.1, -0.05) is 13.8 Å². The lowest BCUT2D eigenvalue weighted by Gasteiger charge is -2.22. The van der Waals surface area contributed by atoms with Gasteiger partial charge in [0.15, 0.2) is 0 Å². The lowest BCUT2D eigenvalue weighted by atomic mass is 9.93. The van der Waals surface area contributed by atoms with Crippen molar-refractivity contribution in [2.75, 3.05) is 17.6 Å². The second-order valence-electron chi connectivity index (χ2n) is 8.31. The van der Waals surface area contributed by atoms with E-state index in [1.807, 2.05) is 13.8 Å². The number of hydrogen-bond donors (Lipinski definition) is 3. The van der Waals surface area contributed by atoms with Crippen LogP contribution in [-0.2, 0) is 21.2 Å². The molecular formula is C22H30FN3O6S. The van der Waals surface area contributed by atoms with Gasteiger partial charge in [0.2, 0.25) is 16.0 Å². The summed E-state index contributed by atoms with van der Waals surface area (Å²) in [6, 6.07) is 5.60. The number of rotatable bonds is 11. The zero-order valence-electron chi connectivity index (χ0n) is 19.1. The molecule has 9 nitrogen and oxygen atoms in total.